The molecule has 0 aliphatic heterocycles. The van der Waals surface area contributed by atoms with E-state index in [1.54, 1.807) is 13.1 Å². The minimum atomic E-state index is -0.144. The molecule has 0 unspecified atom stereocenters. The maximum absolute atomic E-state index is 10.6. The maximum Gasteiger partial charge on any atom is 0.305 e. The number of rotatable bonds is 5. The van der Waals surface area contributed by atoms with Gasteiger partial charge in [-0.2, -0.15) is 0 Å². The Hall–Kier alpha value is -0.860. The van der Waals surface area contributed by atoms with Gasteiger partial charge in [-0.1, -0.05) is 6.92 Å². The summed E-state index contributed by atoms with van der Waals surface area (Å²) < 4.78 is 4.81. The van der Waals surface area contributed by atoms with Crippen LogP contribution >= 0.6 is 0 Å². The van der Waals surface area contributed by atoms with E-state index in [0.29, 0.717) is 13.0 Å². The fraction of sp³-hybridized carbons (Fsp3) is 0.750. The Kier molecular flexibility index (Phi) is 6.68. The lowest BCUT2D eigenvalue weighted by Gasteiger charge is -1.98. The third-order valence-corrected chi connectivity index (χ3v) is 1.11. The van der Waals surface area contributed by atoms with Gasteiger partial charge in [-0.15, -0.1) is 0 Å². The summed E-state index contributed by atoms with van der Waals surface area (Å²) in [7, 11) is 0. The van der Waals surface area contributed by atoms with Crippen molar-refractivity contribution in [3.63, 3.8) is 0 Å². The Labute approximate surface area is 67.5 Å². The first-order valence-electron chi connectivity index (χ1n) is 3.95. The molecule has 0 fully saturated rings. The molecule has 0 aromatic rings. The number of carbonyl (C=O) groups excluding carboxylic acids is 1. The van der Waals surface area contributed by atoms with Gasteiger partial charge in [0.2, 0.25) is 0 Å². The fourth-order valence-electron chi connectivity index (χ4n) is 0.548. The van der Waals surface area contributed by atoms with Crippen LogP contribution in [0.5, 0.6) is 0 Å². The SMILES string of the molecule is CCN=CCCOC(=O)CC. The van der Waals surface area contributed by atoms with E-state index in [4.69, 9.17) is 4.74 Å². The molecule has 0 amide bonds. The summed E-state index contributed by atoms with van der Waals surface area (Å²) in [6.45, 7) is 4.99. The number of carbonyl (C=O) groups is 1. The van der Waals surface area contributed by atoms with E-state index in [2.05, 4.69) is 4.99 Å². The molecule has 0 aromatic carbocycles. The molecule has 0 saturated heterocycles. The van der Waals surface area contributed by atoms with E-state index in [1.807, 2.05) is 6.92 Å². The highest BCUT2D eigenvalue weighted by molar-refractivity contribution is 5.69. The number of hydrogen-bond acceptors (Lipinski definition) is 3. The van der Waals surface area contributed by atoms with E-state index >= 15 is 0 Å². The molecule has 0 N–H and O–H groups in total. The zero-order valence-electron chi connectivity index (χ0n) is 7.17. The second-order valence-electron chi connectivity index (χ2n) is 2.04. The van der Waals surface area contributed by atoms with Gasteiger partial charge in [-0.25, -0.2) is 0 Å². The minimum absolute atomic E-state index is 0.144. The van der Waals surface area contributed by atoms with Crippen molar-refractivity contribution in [1.82, 2.24) is 0 Å². The summed E-state index contributed by atoms with van der Waals surface area (Å²) in [5, 5.41) is 0. The van der Waals surface area contributed by atoms with Crippen molar-refractivity contribution in [2.45, 2.75) is 26.7 Å². The first kappa shape index (κ1) is 10.1. The second kappa shape index (κ2) is 7.25. The zero-order valence-corrected chi connectivity index (χ0v) is 7.17. The lowest BCUT2D eigenvalue weighted by atomic mass is 10.5. The predicted molar refractivity (Wildman–Crippen MR) is 44.9 cm³/mol. The molecule has 0 rings (SSSR count). The summed E-state index contributed by atoms with van der Waals surface area (Å²) in [5.41, 5.74) is 0. The number of aliphatic imine (C=N–C) groups is 1. The van der Waals surface area contributed by atoms with Gasteiger partial charge in [0.15, 0.2) is 0 Å². The van der Waals surface area contributed by atoms with Crippen LogP contribution in [0.4, 0.5) is 0 Å². The van der Waals surface area contributed by atoms with Crippen molar-refractivity contribution in [3.05, 3.63) is 0 Å². The molecule has 0 heterocycles. The third-order valence-electron chi connectivity index (χ3n) is 1.11. The monoisotopic (exact) mass is 157 g/mol. The van der Waals surface area contributed by atoms with E-state index in [1.165, 1.54) is 0 Å². The van der Waals surface area contributed by atoms with Crippen molar-refractivity contribution in [3.8, 4) is 0 Å². The molecule has 64 valence electrons. The van der Waals surface area contributed by atoms with Crippen LogP contribution in [0, 0.1) is 0 Å². The summed E-state index contributed by atoms with van der Waals surface area (Å²) in [5.74, 6) is -0.144. The largest absolute Gasteiger partial charge is 0.465 e. The predicted octanol–water partition coefficient (Wildman–Crippen LogP) is 1.42. The molecule has 0 aromatic heterocycles. The molecule has 11 heavy (non-hydrogen) atoms. The molecule has 3 nitrogen and oxygen atoms in total. The summed E-state index contributed by atoms with van der Waals surface area (Å²) in [6, 6.07) is 0. The molecule has 0 bridgehead atoms. The van der Waals surface area contributed by atoms with Crippen molar-refractivity contribution in [1.29, 1.82) is 0 Å². The van der Waals surface area contributed by atoms with Crippen molar-refractivity contribution in [2.24, 2.45) is 4.99 Å². The average Bonchev–Trinajstić information content (AvgIpc) is 2.04. The number of ether oxygens (including phenoxy) is 1. The second-order valence-corrected chi connectivity index (χ2v) is 2.04. The molecule has 0 aliphatic rings. The van der Waals surface area contributed by atoms with Crippen LogP contribution in [0.2, 0.25) is 0 Å². The minimum Gasteiger partial charge on any atom is -0.465 e. The van der Waals surface area contributed by atoms with Gasteiger partial charge < -0.3 is 4.74 Å². The Morgan fingerprint density at radius 1 is 1.55 bits per heavy atom. The van der Waals surface area contributed by atoms with Crippen LogP contribution < -0.4 is 0 Å². The molecule has 0 atom stereocenters. The highest BCUT2D eigenvalue weighted by atomic mass is 16.5. The van der Waals surface area contributed by atoms with Crippen LogP contribution in [0.25, 0.3) is 0 Å². The van der Waals surface area contributed by atoms with Crippen LogP contribution in [-0.4, -0.2) is 25.3 Å². The topological polar surface area (TPSA) is 38.7 Å². The van der Waals surface area contributed by atoms with Gasteiger partial charge in [-0.3, -0.25) is 9.79 Å². The normalized spacial score (nSPS) is 10.4. The Balaban J connectivity index is 3.14. The zero-order chi connectivity index (χ0) is 8.53. The molecular formula is C8H15NO2. The first-order valence-corrected chi connectivity index (χ1v) is 3.95. The number of esters is 1. The Bertz CT molecular complexity index is 132. The summed E-state index contributed by atoms with van der Waals surface area (Å²) >= 11 is 0. The molecule has 0 spiro atoms. The average molecular weight is 157 g/mol. The standard InChI is InChI=1S/C8H15NO2/c1-3-8(10)11-7-5-6-9-4-2/h6H,3-5,7H2,1-2H3. The van der Waals surface area contributed by atoms with Crippen molar-refractivity contribution < 1.29 is 9.53 Å². The maximum atomic E-state index is 10.6. The van der Waals surface area contributed by atoms with Crippen LogP contribution in [0.1, 0.15) is 26.7 Å². The van der Waals surface area contributed by atoms with Crippen LogP contribution in [-0.2, 0) is 9.53 Å². The van der Waals surface area contributed by atoms with Crippen LogP contribution in [0.15, 0.2) is 4.99 Å². The van der Waals surface area contributed by atoms with Gasteiger partial charge in [0, 0.05) is 25.6 Å². The van der Waals surface area contributed by atoms with Crippen LogP contribution in [0.3, 0.4) is 0 Å². The summed E-state index contributed by atoms with van der Waals surface area (Å²) in [4.78, 5) is 14.6. The van der Waals surface area contributed by atoms with Gasteiger partial charge in [0.1, 0.15) is 0 Å². The fourth-order valence-corrected chi connectivity index (χ4v) is 0.548. The highest BCUT2D eigenvalue weighted by Gasteiger charge is 1.94. The Morgan fingerprint density at radius 3 is 2.82 bits per heavy atom. The van der Waals surface area contributed by atoms with Crippen molar-refractivity contribution in [2.75, 3.05) is 13.2 Å². The third kappa shape index (κ3) is 7.03. The quantitative estimate of drug-likeness (QED) is 0.344. The number of nitrogens with zero attached hydrogens (tertiary/aromatic N) is 1. The Morgan fingerprint density at radius 2 is 2.27 bits per heavy atom. The molecule has 0 saturated carbocycles. The van der Waals surface area contributed by atoms with E-state index in [0.717, 1.165) is 13.0 Å². The molecule has 3 heteroatoms. The smallest absolute Gasteiger partial charge is 0.305 e. The van der Waals surface area contributed by atoms with Gasteiger partial charge in [-0.05, 0) is 6.92 Å². The number of hydrogen-bond donors (Lipinski definition) is 0. The van der Waals surface area contributed by atoms with Gasteiger partial charge >= 0.3 is 5.97 Å². The van der Waals surface area contributed by atoms with Crippen molar-refractivity contribution >= 4 is 12.2 Å². The molecule has 0 radical (unpaired) electrons. The first-order chi connectivity index (χ1) is 5.31. The van der Waals surface area contributed by atoms with E-state index < -0.39 is 0 Å². The van der Waals surface area contributed by atoms with E-state index in [-0.39, 0.29) is 5.97 Å². The molecular weight excluding hydrogens is 142 g/mol. The summed E-state index contributed by atoms with van der Waals surface area (Å²) in [6.07, 6.45) is 2.95. The lowest BCUT2D eigenvalue weighted by molar-refractivity contribution is -0.142. The van der Waals surface area contributed by atoms with Gasteiger partial charge in [0.05, 0.1) is 6.61 Å². The lowest BCUT2D eigenvalue weighted by Crippen LogP contribution is -2.03. The van der Waals surface area contributed by atoms with Gasteiger partial charge in [0.25, 0.3) is 0 Å². The highest BCUT2D eigenvalue weighted by Crippen LogP contribution is 1.85. The molecule has 0 aliphatic carbocycles. The van der Waals surface area contributed by atoms with E-state index in [9.17, 15) is 4.79 Å².